The molecule has 3 heteroatoms. The lowest BCUT2D eigenvalue weighted by atomic mass is 10.1. The van der Waals surface area contributed by atoms with E-state index >= 15 is 0 Å². The van der Waals surface area contributed by atoms with Gasteiger partial charge in [-0.2, -0.15) is 0 Å². The summed E-state index contributed by atoms with van der Waals surface area (Å²) in [5, 5.41) is 0. The molecule has 0 aromatic carbocycles. The van der Waals surface area contributed by atoms with E-state index < -0.39 is 0 Å². The topological polar surface area (TPSA) is 78.1 Å². The van der Waals surface area contributed by atoms with Gasteiger partial charge < -0.3 is 17.2 Å². The van der Waals surface area contributed by atoms with E-state index in [0.29, 0.717) is 0 Å². The first kappa shape index (κ1) is 10.9. The molecule has 0 rings (SSSR count). The van der Waals surface area contributed by atoms with Gasteiger partial charge in [-0.25, -0.2) is 0 Å². The SMILES string of the molecule is CCCCCCC(N)C(N)N. The van der Waals surface area contributed by atoms with Crippen molar-refractivity contribution in [2.24, 2.45) is 17.2 Å². The summed E-state index contributed by atoms with van der Waals surface area (Å²) in [6, 6.07) is -0.0214. The van der Waals surface area contributed by atoms with Crippen LogP contribution in [-0.2, 0) is 0 Å². The molecule has 0 bridgehead atoms. The summed E-state index contributed by atoms with van der Waals surface area (Å²) in [4.78, 5) is 0. The third-order valence-corrected chi connectivity index (χ3v) is 1.89. The van der Waals surface area contributed by atoms with Crippen molar-refractivity contribution >= 4 is 0 Å². The van der Waals surface area contributed by atoms with Gasteiger partial charge in [0.2, 0.25) is 0 Å². The molecule has 0 spiro atoms. The zero-order valence-corrected chi connectivity index (χ0v) is 7.42. The molecule has 0 heterocycles. The first-order chi connectivity index (χ1) is 5.18. The van der Waals surface area contributed by atoms with Crippen molar-refractivity contribution in [3.63, 3.8) is 0 Å². The zero-order chi connectivity index (χ0) is 8.69. The average Bonchev–Trinajstić information content (AvgIpc) is 1.97. The molecule has 0 saturated carbocycles. The van der Waals surface area contributed by atoms with E-state index in [-0.39, 0.29) is 12.2 Å². The van der Waals surface area contributed by atoms with Gasteiger partial charge in [0.1, 0.15) is 0 Å². The van der Waals surface area contributed by atoms with Crippen LogP contribution in [-0.4, -0.2) is 12.2 Å². The molecule has 0 aromatic rings. The van der Waals surface area contributed by atoms with Crippen LogP contribution in [0.3, 0.4) is 0 Å². The predicted octanol–water partition coefficient (Wildman–Crippen LogP) is 0.528. The largest absolute Gasteiger partial charge is 0.325 e. The highest BCUT2D eigenvalue weighted by Crippen LogP contribution is 2.04. The van der Waals surface area contributed by atoms with Gasteiger partial charge >= 0.3 is 0 Å². The smallest absolute Gasteiger partial charge is 0.0677 e. The van der Waals surface area contributed by atoms with Crippen LogP contribution >= 0.6 is 0 Å². The van der Waals surface area contributed by atoms with Crippen molar-refractivity contribution in [1.82, 2.24) is 0 Å². The first-order valence-electron chi connectivity index (χ1n) is 4.45. The van der Waals surface area contributed by atoms with Crippen molar-refractivity contribution in [2.75, 3.05) is 0 Å². The summed E-state index contributed by atoms with van der Waals surface area (Å²) in [7, 11) is 0. The number of unbranched alkanes of at least 4 members (excludes halogenated alkanes) is 3. The predicted molar refractivity (Wildman–Crippen MR) is 48.9 cm³/mol. The van der Waals surface area contributed by atoms with Crippen molar-refractivity contribution in [3.05, 3.63) is 0 Å². The third-order valence-electron chi connectivity index (χ3n) is 1.89. The normalized spacial score (nSPS) is 13.9. The molecule has 1 unspecified atom stereocenters. The van der Waals surface area contributed by atoms with E-state index in [4.69, 9.17) is 17.2 Å². The number of hydrogen-bond acceptors (Lipinski definition) is 3. The molecule has 0 aliphatic heterocycles. The van der Waals surface area contributed by atoms with E-state index in [0.717, 1.165) is 12.8 Å². The minimum absolute atomic E-state index is 0.0214. The van der Waals surface area contributed by atoms with Gasteiger partial charge in [-0.3, -0.25) is 0 Å². The summed E-state index contributed by atoms with van der Waals surface area (Å²) in [5.74, 6) is 0. The fraction of sp³-hybridized carbons (Fsp3) is 1.00. The molecule has 0 saturated heterocycles. The maximum absolute atomic E-state index is 5.65. The summed E-state index contributed by atoms with van der Waals surface area (Å²) < 4.78 is 0. The van der Waals surface area contributed by atoms with E-state index in [1.807, 2.05) is 0 Å². The number of nitrogens with two attached hydrogens (primary N) is 3. The minimum atomic E-state index is -0.350. The molecule has 3 nitrogen and oxygen atoms in total. The van der Waals surface area contributed by atoms with Gasteiger partial charge in [0.05, 0.1) is 6.17 Å². The van der Waals surface area contributed by atoms with Crippen LogP contribution in [0.4, 0.5) is 0 Å². The van der Waals surface area contributed by atoms with Crippen LogP contribution in [0.5, 0.6) is 0 Å². The van der Waals surface area contributed by atoms with Gasteiger partial charge in [0, 0.05) is 6.04 Å². The van der Waals surface area contributed by atoms with Crippen molar-refractivity contribution in [1.29, 1.82) is 0 Å². The lowest BCUT2D eigenvalue weighted by molar-refractivity contribution is 0.478. The second-order valence-corrected chi connectivity index (χ2v) is 3.09. The van der Waals surface area contributed by atoms with Crippen LogP contribution in [0.15, 0.2) is 0 Å². The molecule has 0 aromatic heterocycles. The van der Waals surface area contributed by atoms with Gasteiger partial charge in [0.25, 0.3) is 0 Å². The maximum atomic E-state index is 5.65. The summed E-state index contributed by atoms with van der Waals surface area (Å²) in [6.07, 6.45) is 5.54. The Kier molecular flexibility index (Phi) is 6.51. The Hall–Kier alpha value is -0.120. The summed E-state index contributed by atoms with van der Waals surface area (Å²) >= 11 is 0. The van der Waals surface area contributed by atoms with E-state index in [9.17, 15) is 0 Å². The lowest BCUT2D eigenvalue weighted by Crippen LogP contribution is -2.47. The second-order valence-electron chi connectivity index (χ2n) is 3.09. The van der Waals surface area contributed by atoms with Crippen LogP contribution < -0.4 is 17.2 Å². The Morgan fingerprint density at radius 2 is 1.64 bits per heavy atom. The molecule has 6 N–H and O–H groups in total. The minimum Gasteiger partial charge on any atom is -0.325 e. The van der Waals surface area contributed by atoms with Gasteiger partial charge in [-0.15, -0.1) is 0 Å². The van der Waals surface area contributed by atoms with Crippen LogP contribution in [0.2, 0.25) is 0 Å². The van der Waals surface area contributed by atoms with Crippen molar-refractivity contribution in [3.8, 4) is 0 Å². The van der Waals surface area contributed by atoms with E-state index in [2.05, 4.69) is 6.92 Å². The molecule has 11 heavy (non-hydrogen) atoms. The monoisotopic (exact) mass is 159 g/mol. The molecule has 1 atom stereocenters. The van der Waals surface area contributed by atoms with Gasteiger partial charge in [-0.05, 0) is 6.42 Å². The Balaban J connectivity index is 3.10. The Labute approximate surface area is 69.3 Å². The van der Waals surface area contributed by atoms with Gasteiger partial charge in [-0.1, -0.05) is 32.6 Å². The van der Waals surface area contributed by atoms with Crippen molar-refractivity contribution < 1.29 is 0 Å². The second kappa shape index (κ2) is 6.58. The molecule has 68 valence electrons. The molecular formula is C8H21N3. The summed E-state index contributed by atoms with van der Waals surface area (Å²) in [5.41, 5.74) is 16.5. The van der Waals surface area contributed by atoms with Crippen LogP contribution in [0, 0.1) is 0 Å². The molecule has 0 aliphatic carbocycles. The molecule has 0 aliphatic rings. The number of rotatable bonds is 6. The molecule has 0 amide bonds. The third kappa shape index (κ3) is 6.28. The number of hydrogen-bond donors (Lipinski definition) is 3. The van der Waals surface area contributed by atoms with Crippen molar-refractivity contribution in [2.45, 2.75) is 51.2 Å². The van der Waals surface area contributed by atoms with Crippen LogP contribution in [0.25, 0.3) is 0 Å². The fourth-order valence-electron chi connectivity index (χ4n) is 0.999. The molecular weight excluding hydrogens is 138 g/mol. The Bertz CT molecular complexity index is 83.4. The van der Waals surface area contributed by atoms with E-state index in [1.54, 1.807) is 0 Å². The highest BCUT2D eigenvalue weighted by atomic mass is 14.9. The molecule has 0 fully saturated rings. The Morgan fingerprint density at radius 3 is 2.09 bits per heavy atom. The first-order valence-corrected chi connectivity index (χ1v) is 4.45. The summed E-state index contributed by atoms with van der Waals surface area (Å²) in [6.45, 7) is 2.19. The highest BCUT2D eigenvalue weighted by molar-refractivity contribution is 4.69. The zero-order valence-electron chi connectivity index (χ0n) is 7.42. The lowest BCUT2D eigenvalue weighted by Gasteiger charge is -2.14. The standard InChI is InChI=1S/C8H21N3/c1-2-3-4-5-6-7(9)8(10)11/h7-8H,2-6,9-11H2,1H3. The fourth-order valence-corrected chi connectivity index (χ4v) is 0.999. The highest BCUT2D eigenvalue weighted by Gasteiger charge is 2.06. The quantitative estimate of drug-likeness (QED) is 0.391. The molecule has 0 radical (unpaired) electrons. The maximum Gasteiger partial charge on any atom is 0.0677 e. The van der Waals surface area contributed by atoms with Crippen LogP contribution in [0.1, 0.15) is 39.0 Å². The average molecular weight is 159 g/mol. The van der Waals surface area contributed by atoms with Gasteiger partial charge in [0.15, 0.2) is 0 Å². The Morgan fingerprint density at radius 1 is 1.00 bits per heavy atom. The van der Waals surface area contributed by atoms with E-state index in [1.165, 1.54) is 19.3 Å².